The van der Waals surface area contributed by atoms with Crippen molar-refractivity contribution in [3.63, 3.8) is 0 Å². The molecule has 6 aromatic rings. The van der Waals surface area contributed by atoms with E-state index in [-0.39, 0.29) is 65.2 Å². The van der Waals surface area contributed by atoms with E-state index in [2.05, 4.69) is 48.6 Å². The molecule has 0 aliphatic rings. The highest BCUT2D eigenvalue weighted by atomic mass is 32.2. The fourth-order valence-electron chi connectivity index (χ4n) is 5.37. The minimum absolute atomic E-state index is 0.0272. The second-order valence-electron chi connectivity index (χ2n) is 11.0. The summed E-state index contributed by atoms with van der Waals surface area (Å²) in [6.07, 6.45) is 0. The summed E-state index contributed by atoms with van der Waals surface area (Å²) in [4.78, 5) is -0.718. The molecule has 9 N–H and O–H groups in total. The Bertz CT molecular complexity index is 2820. The molecule has 0 atom stereocenters. The number of fused-ring (bicyclic) bond motifs is 3. The van der Waals surface area contributed by atoms with Gasteiger partial charge >= 0.3 is 0 Å². The lowest BCUT2D eigenvalue weighted by Gasteiger charge is -2.12. The number of nitrogens with zero attached hydrogens (tertiary/aromatic N) is 4. The van der Waals surface area contributed by atoms with Crippen LogP contribution in [0.25, 0.3) is 32.3 Å². The third-order valence-electron chi connectivity index (χ3n) is 7.65. The summed E-state index contributed by atoms with van der Waals surface area (Å²) in [6, 6.07) is 15.2. The lowest BCUT2D eigenvalue weighted by molar-refractivity contribution is -0.432. The number of phenolic OH excluding ortho intramolecular Hbond substituents is 2. The highest BCUT2D eigenvalue weighted by Gasteiger charge is 2.21. The molecule has 22 nitrogen and oxygen atoms in total. The first kappa shape index (κ1) is 41.8. The van der Waals surface area contributed by atoms with E-state index < -0.39 is 41.5 Å². The van der Waals surface area contributed by atoms with Crippen molar-refractivity contribution in [2.75, 3.05) is 5.73 Å². The van der Waals surface area contributed by atoms with E-state index in [0.29, 0.717) is 46.4 Å². The Balaban J connectivity index is 1.49. The van der Waals surface area contributed by atoms with Gasteiger partial charge in [-0.15, -0.1) is 33.5 Å². The lowest BCUT2D eigenvalue weighted by Crippen LogP contribution is -2.03. The fourth-order valence-corrected chi connectivity index (χ4v) is 7.89. The Morgan fingerprint density at radius 1 is 0.579 bits per heavy atom. The molecule has 0 aliphatic heterocycles. The molecule has 0 unspecified atom stereocenters. The fraction of sp³-hybridized carbons (Fsp3) is 0. The van der Waals surface area contributed by atoms with Gasteiger partial charge in [0.1, 0.15) is 16.3 Å². The average molecular weight is 884 g/mol. The average Bonchev–Trinajstić information content (AvgIpc) is 3.16. The Morgan fingerprint density at radius 2 is 1.18 bits per heavy atom. The first-order valence-corrected chi connectivity index (χ1v) is 19.9. The molecule has 0 heterocycles. The first-order chi connectivity index (χ1) is 27.1. The van der Waals surface area contributed by atoms with Gasteiger partial charge in [-0.3, -0.25) is 9.11 Å². The number of nitrogen functional groups attached to an aromatic ring is 1. The maximum Gasteiger partial charge on any atom is 0.296 e. The molecule has 298 valence electrons. The Hall–Kier alpha value is -4.79. The summed E-state index contributed by atoms with van der Waals surface area (Å²) in [7, 11) is -9.54. The van der Waals surface area contributed by atoms with Gasteiger partial charge in [-0.05, 0) is 77.5 Å². The Morgan fingerprint density at radius 3 is 1.81 bits per heavy atom. The lowest BCUT2D eigenvalue weighted by atomic mass is 10.1. The maximum absolute atomic E-state index is 12.2. The standard InChI is InChI=1S/C30H21N5O17S5/c31-21-12-19-13(8-27(21)57(44,45)46)7-26(55-52-49-40)29(30(19)37)35-33-23-4-3-22(18-2-1-17(11-20(18)23)56(41,42)43)32-34-24-9-15(53-50-47-38)5-14-6-16(54-51-48-39)10-25(36)28(14)24/h1-12,36-40H,31H2,(H,41,42,43)(H,44,45,46). The van der Waals surface area contributed by atoms with Crippen LogP contribution in [0.4, 0.5) is 28.4 Å². The zero-order valence-corrected chi connectivity index (χ0v) is 31.6. The number of benzene rings is 6. The van der Waals surface area contributed by atoms with Crippen LogP contribution in [0.1, 0.15) is 0 Å². The number of anilines is 1. The monoisotopic (exact) mass is 883 g/mol. The van der Waals surface area contributed by atoms with E-state index in [1.54, 1.807) is 0 Å². The summed E-state index contributed by atoms with van der Waals surface area (Å²) < 4.78 is 80.9. The molecule has 0 radical (unpaired) electrons. The van der Waals surface area contributed by atoms with Crippen molar-refractivity contribution >= 4 is 117 Å². The van der Waals surface area contributed by atoms with E-state index >= 15 is 0 Å². The maximum atomic E-state index is 12.2. The van der Waals surface area contributed by atoms with Gasteiger partial charge in [-0.25, -0.2) is 15.8 Å². The second kappa shape index (κ2) is 17.4. The summed E-state index contributed by atoms with van der Waals surface area (Å²) in [5.74, 6) is -0.916. The normalized spacial score (nSPS) is 12.6. The van der Waals surface area contributed by atoms with Crippen LogP contribution in [-0.4, -0.2) is 51.9 Å². The van der Waals surface area contributed by atoms with Crippen LogP contribution in [0.3, 0.4) is 0 Å². The van der Waals surface area contributed by atoms with Crippen LogP contribution in [0.5, 0.6) is 11.5 Å². The molecule has 57 heavy (non-hydrogen) atoms. The van der Waals surface area contributed by atoms with Crippen molar-refractivity contribution in [3.05, 3.63) is 72.8 Å². The molecule has 0 bridgehead atoms. The topological polar surface area (TPSA) is 341 Å². The zero-order valence-electron chi connectivity index (χ0n) is 27.5. The van der Waals surface area contributed by atoms with Gasteiger partial charge in [0.2, 0.25) is 0 Å². The number of aromatic hydroxyl groups is 2. The molecule has 0 spiro atoms. The molecule has 0 fully saturated rings. The van der Waals surface area contributed by atoms with Crippen molar-refractivity contribution in [2.24, 2.45) is 20.5 Å². The van der Waals surface area contributed by atoms with Gasteiger partial charge in [0.15, 0.2) is 5.75 Å². The number of rotatable bonds is 15. The summed E-state index contributed by atoms with van der Waals surface area (Å²) >= 11 is 1.46. The summed E-state index contributed by atoms with van der Waals surface area (Å²) in [5, 5.41) is 76.7. The van der Waals surface area contributed by atoms with Gasteiger partial charge in [0, 0.05) is 25.9 Å². The molecule has 6 rings (SSSR count). The predicted octanol–water partition coefficient (Wildman–Crippen LogP) is 8.75. The van der Waals surface area contributed by atoms with Gasteiger partial charge in [-0.2, -0.15) is 16.8 Å². The van der Waals surface area contributed by atoms with Crippen molar-refractivity contribution in [1.82, 2.24) is 0 Å². The van der Waals surface area contributed by atoms with Crippen molar-refractivity contribution in [3.8, 4) is 11.5 Å². The van der Waals surface area contributed by atoms with E-state index in [1.165, 1.54) is 48.5 Å². The molecule has 0 saturated carbocycles. The largest absolute Gasteiger partial charge is 0.507 e. The predicted molar refractivity (Wildman–Crippen MR) is 200 cm³/mol. The number of hydrogen-bond acceptors (Lipinski definition) is 23. The van der Waals surface area contributed by atoms with E-state index in [0.717, 1.165) is 24.3 Å². The molecule has 0 saturated heterocycles. The van der Waals surface area contributed by atoms with Crippen molar-refractivity contribution < 1.29 is 80.0 Å². The van der Waals surface area contributed by atoms with Gasteiger partial charge in [0.05, 0.1) is 74.1 Å². The molecular formula is C30H21N5O17S5. The first-order valence-electron chi connectivity index (χ1n) is 14.8. The van der Waals surface area contributed by atoms with Gasteiger partial charge in [-0.1, -0.05) is 21.2 Å². The van der Waals surface area contributed by atoms with Crippen LogP contribution in [0.2, 0.25) is 0 Å². The number of nitrogens with two attached hydrogens (primary N) is 1. The number of phenols is 2. The highest BCUT2D eigenvalue weighted by Crippen LogP contribution is 2.47. The molecule has 0 aliphatic carbocycles. The highest BCUT2D eigenvalue weighted by molar-refractivity contribution is 7.95. The second-order valence-corrected chi connectivity index (χ2v) is 16.1. The van der Waals surface area contributed by atoms with Crippen LogP contribution in [-0.2, 0) is 48.4 Å². The van der Waals surface area contributed by atoms with E-state index in [4.69, 9.17) is 21.5 Å². The van der Waals surface area contributed by atoms with E-state index in [9.17, 15) is 36.2 Å². The van der Waals surface area contributed by atoms with Gasteiger partial charge < -0.3 is 15.9 Å². The Labute approximate surface area is 330 Å². The Kier molecular flexibility index (Phi) is 12.7. The smallest absolute Gasteiger partial charge is 0.296 e. The van der Waals surface area contributed by atoms with Gasteiger partial charge in [0.25, 0.3) is 20.2 Å². The quantitative estimate of drug-likeness (QED) is 0.0119. The molecule has 27 heteroatoms. The van der Waals surface area contributed by atoms with Crippen LogP contribution in [0, 0.1) is 0 Å². The number of hydrogen-bond donors (Lipinski definition) is 8. The third-order valence-corrected chi connectivity index (χ3v) is 11.1. The molecule has 0 amide bonds. The molecular weight excluding hydrogens is 863 g/mol. The minimum Gasteiger partial charge on any atom is -0.507 e. The van der Waals surface area contributed by atoms with E-state index in [1.807, 2.05) is 0 Å². The third kappa shape index (κ3) is 9.34. The van der Waals surface area contributed by atoms with Crippen LogP contribution < -0.4 is 5.73 Å². The minimum atomic E-state index is -4.78. The van der Waals surface area contributed by atoms with Crippen LogP contribution >= 0.6 is 36.1 Å². The molecule has 6 aromatic carbocycles. The SMILES string of the molecule is Nc1cc2c(O)c(N=Nc3ccc(N=Nc4cc(SOOO)cc5cc(SOOO)cc(O)c45)c4ccc(S(=O)(=O)O)cc34)c(SOOO)cc2cc1S(=O)(=O)O. The summed E-state index contributed by atoms with van der Waals surface area (Å²) in [5.41, 5.74) is 5.19. The van der Waals surface area contributed by atoms with Crippen LogP contribution in [0.15, 0.2) is 118 Å². The number of azo groups is 2. The molecule has 0 aromatic heterocycles. The van der Waals surface area contributed by atoms with Crippen molar-refractivity contribution in [1.29, 1.82) is 0 Å². The van der Waals surface area contributed by atoms with Crippen molar-refractivity contribution in [2.45, 2.75) is 24.5 Å². The zero-order chi connectivity index (χ0) is 41.1. The summed E-state index contributed by atoms with van der Waals surface area (Å²) in [6.45, 7) is 0.